The van der Waals surface area contributed by atoms with Gasteiger partial charge in [-0.05, 0) is 44.2 Å². The number of hydrogen-bond donors (Lipinski definition) is 2. The highest BCUT2D eigenvalue weighted by Crippen LogP contribution is 2.37. The van der Waals surface area contributed by atoms with Crippen LogP contribution in [0.4, 0.5) is 0 Å². The van der Waals surface area contributed by atoms with Crippen LogP contribution in [0.15, 0.2) is 10.3 Å². The Balaban J connectivity index is 2.25. The minimum absolute atomic E-state index is 0.106. The number of thiophene rings is 1. The fourth-order valence-corrected chi connectivity index (χ4v) is 5.22. The number of rotatable bonds is 5. The molecule has 1 aliphatic rings. The van der Waals surface area contributed by atoms with Crippen LogP contribution in [-0.4, -0.2) is 19.1 Å². The van der Waals surface area contributed by atoms with E-state index in [-0.39, 0.29) is 12.1 Å². The van der Waals surface area contributed by atoms with Crippen molar-refractivity contribution in [3.63, 3.8) is 0 Å². The third-order valence-electron chi connectivity index (χ3n) is 3.74. The molecule has 1 aromatic heterocycles. The predicted octanol–water partition coefficient (Wildman–Crippen LogP) is 2.16. The molecule has 2 rings (SSSR count). The van der Waals surface area contributed by atoms with Gasteiger partial charge >= 0.3 is 0 Å². The van der Waals surface area contributed by atoms with Gasteiger partial charge in [-0.3, -0.25) is 0 Å². The summed E-state index contributed by atoms with van der Waals surface area (Å²) in [5, 5.41) is 9.13. The van der Waals surface area contributed by atoms with E-state index in [1.54, 1.807) is 6.07 Å². The molecule has 1 aliphatic carbocycles. The number of aryl methyl sites for hydroxylation is 1. The Morgan fingerprint density at radius 1 is 1.50 bits per heavy atom. The van der Waals surface area contributed by atoms with E-state index < -0.39 is 10.0 Å². The zero-order chi connectivity index (χ0) is 13.4. The maximum absolute atomic E-state index is 12.3. The Labute approximate surface area is 112 Å². The number of hydrogen-bond acceptors (Lipinski definition) is 4. The third kappa shape index (κ3) is 2.47. The van der Waals surface area contributed by atoms with Crippen molar-refractivity contribution in [1.29, 1.82) is 0 Å². The van der Waals surface area contributed by atoms with Gasteiger partial charge in [0.25, 0.3) is 10.0 Å². The smallest absolute Gasteiger partial charge is 0.250 e. The average molecular weight is 289 g/mol. The van der Waals surface area contributed by atoms with Crippen molar-refractivity contribution in [2.45, 2.75) is 55.9 Å². The first kappa shape index (κ1) is 14.0. The van der Waals surface area contributed by atoms with Crippen molar-refractivity contribution < 1.29 is 13.5 Å². The lowest BCUT2D eigenvalue weighted by Gasteiger charge is -2.41. The first-order chi connectivity index (χ1) is 8.42. The molecule has 0 radical (unpaired) electrons. The lowest BCUT2D eigenvalue weighted by molar-refractivity contribution is 0.214. The topological polar surface area (TPSA) is 66.4 Å². The first-order valence-electron chi connectivity index (χ1n) is 6.16. The molecule has 6 heteroatoms. The quantitative estimate of drug-likeness (QED) is 0.873. The largest absolute Gasteiger partial charge is 0.391 e. The molecule has 0 amide bonds. The third-order valence-corrected chi connectivity index (χ3v) is 7.02. The highest BCUT2D eigenvalue weighted by molar-refractivity contribution is 7.91. The van der Waals surface area contributed by atoms with E-state index in [0.29, 0.717) is 4.21 Å². The van der Waals surface area contributed by atoms with Gasteiger partial charge in [-0.2, -0.15) is 0 Å². The summed E-state index contributed by atoms with van der Waals surface area (Å²) in [6, 6.07) is 1.64. The lowest BCUT2D eigenvalue weighted by Crippen LogP contribution is -2.52. The molecule has 4 nitrogen and oxygen atoms in total. The zero-order valence-corrected chi connectivity index (χ0v) is 12.3. The fraction of sp³-hybridized carbons (Fsp3) is 0.667. The van der Waals surface area contributed by atoms with E-state index in [1.807, 2.05) is 13.8 Å². The molecular weight excluding hydrogens is 270 g/mol. The summed E-state index contributed by atoms with van der Waals surface area (Å²) in [4.78, 5) is 0.717. The molecular formula is C12H19NO3S2. The molecule has 1 heterocycles. The SMILES string of the molecule is CCC1(NS(=O)(=O)c2cc(C)c(CO)s2)CCC1. The van der Waals surface area contributed by atoms with Crippen molar-refractivity contribution in [3.05, 3.63) is 16.5 Å². The minimum atomic E-state index is -3.45. The second-order valence-corrected chi connectivity index (χ2v) is 7.97. The molecule has 102 valence electrons. The van der Waals surface area contributed by atoms with Gasteiger partial charge in [0.2, 0.25) is 0 Å². The van der Waals surface area contributed by atoms with Crippen LogP contribution in [0.1, 0.15) is 43.0 Å². The summed E-state index contributed by atoms with van der Waals surface area (Å²) in [7, 11) is -3.45. The molecule has 1 fully saturated rings. The van der Waals surface area contributed by atoms with Gasteiger partial charge in [-0.1, -0.05) is 6.92 Å². The molecule has 1 aromatic rings. The van der Waals surface area contributed by atoms with Gasteiger partial charge in [-0.25, -0.2) is 13.1 Å². The normalized spacial score (nSPS) is 18.6. The van der Waals surface area contributed by atoms with Gasteiger partial charge in [0.05, 0.1) is 6.61 Å². The molecule has 0 atom stereocenters. The zero-order valence-electron chi connectivity index (χ0n) is 10.7. The molecule has 1 saturated carbocycles. The number of sulfonamides is 1. The Hall–Kier alpha value is -0.430. The van der Waals surface area contributed by atoms with Gasteiger partial charge in [0.15, 0.2) is 0 Å². The van der Waals surface area contributed by atoms with Gasteiger partial charge in [0, 0.05) is 10.4 Å². The molecule has 0 bridgehead atoms. The number of aliphatic hydroxyl groups excluding tert-OH is 1. The molecule has 0 aromatic carbocycles. The Morgan fingerprint density at radius 3 is 2.56 bits per heavy atom. The van der Waals surface area contributed by atoms with Crippen LogP contribution >= 0.6 is 11.3 Å². The molecule has 2 N–H and O–H groups in total. The summed E-state index contributed by atoms with van der Waals surface area (Å²) >= 11 is 1.15. The Morgan fingerprint density at radius 2 is 2.17 bits per heavy atom. The maximum Gasteiger partial charge on any atom is 0.250 e. The summed E-state index contributed by atoms with van der Waals surface area (Å²) in [5.74, 6) is 0. The molecule has 0 aliphatic heterocycles. The van der Waals surface area contributed by atoms with Crippen molar-refractivity contribution in [3.8, 4) is 0 Å². The van der Waals surface area contributed by atoms with Crippen molar-refractivity contribution in [1.82, 2.24) is 4.72 Å². The summed E-state index contributed by atoms with van der Waals surface area (Å²) in [5.41, 5.74) is 0.595. The number of nitrogens with one attached hydrogen (secondary N) is 1. The minimum Gasteiger partial charge on any atom is -0.391 e. The number of aliphatic hydroxyl groups is 1. The lowest BCUT2D eigenvalue weighted by atomic mass is 9.76. The monoisotopic (exact) mass is 289 g/mol. The second kappa shape index (κ2) is 4.92. The fourth-order valence-electron chi connectivity index (χ4n) is 2.24. The van der Waals surface area contributed by atoms with Gasteiger partial charge in [0.1, 0.15) is 4.21 Å². The van der Waals surface area contributed by atoms with E-state index in [9.17, 15) is 8.42 Å². The van der Waals surface area contributed by atoms with E-state index >= 15 is 0 Å². The Bertz CT molecular complexity index is 524. The van der Waals surface area contributed by atoms with E-state index in [0.717, 1.165) is 47.5 Å². The standard InChI is InChI=1S/C12H19NO3S2/c1-3-12(5-4-6-12)13-18(15,16)11-7-9(2)10(8-14)17-11/h7,13-14H,3-6,8H2,1-2H3. The van der Waals surface area contributed by atoms with Crippen LogP contribution in [0.5, 0.6) is 0 Å². The van der Waals surface area contributed by atoms with Crippen LogP contribution in [-0.2, 0) is 16.6 Å². The van der Waals surface area contributed by atoms with Crippen molar-refractivity contribution in [2.75, 3.05) is 0 Å². The molecule has 0 spiro atoms. The van der Waals surface area contributed by atoms with Crippen LogP contribution in [0.25, 0.3) is 0 Å². The molecule has 0 saturated heterocycles. The summed E-state index contributed by atoms with van der Waals surface area (Å²) in [6.45, 7) is 3.73. The summed E-state index contributed by atoms with van der Waals surface area (Å²) < 4.78 is 27.7. The highest BCUT2D eigenvalue weighted by Gasteiger charge is 2.39. The summed E-state index contributed by atoms with van der Waals surface area (Å²) in [6.07, 6.45) is 3.74. The maximum atomic E-state index is 12.3. The van der Waals surface area contributed by atoms with Gasteiger partial charge < -0.3 is 5.11 Å². The predicted molar refractivity (Wildman–Crippen MR) is 72.2 cm³/mol. The first-order valence-corrected chi connectivity index (χ1v) is 8.46. The second-order valence-electron chi connectivity index (χ2n) is 4.92. The van der Waals surface area contributed by atoms with Gasteiger partial charge in [-0.15, -0.1) is 11.3 Å². The van der Waals surface area contributed by atoms with Crippen molar-refractivity contribution in [2.24, 2.45) is 0 Å². The van der Waals surface area contributed by atoms with E-state index in [4.69, 9.17) is 5.11 Å². The van der Waals surface area contributed by atoms with Crippen LogP contribution in [0.2, 0.25) is 0 Å². The Kier molecular flexibility index (Phi) is 3.82. The molecule has 0 unspecified atom stereocenters. The van der Waals surface area contributed by atoms with Crippen LogP contribution < -0.4 is 4.72 Å². The highest BCUT2D eigenvalue weighted by atomic mass is 32.2. The van der Waals surface area contributed by atoms with E-state index in [1.165, 1.54) is 0 Å². The molecule has 18 heavy (non-hydrogen) atoms. The van der Waals surface area contributed by atoms with Crippen molar-refractivity contribution >= 4 is 21.4 Å². The van der Waals surface area contributed by atoms with Crippen LogP contribution in [0, 0.1) is 6.92 Å². The van der Waals surface area contributed by atoms with E-state index in [2.05, 4.69) is 4.72 Å². The van der Waals surface area contributed by atoms with Crippen LogP contribution in [0.3, 0.4) is 0 Å². The average Bonchev–Trinajstić information content (AvgIpc) is 2.66.